The molecule has 94 valence electrons. The van der Waals surface area contributed by atoms with E-state index in [1.165, 1.54) is 22.6 Å². The van der Waals surface area contributed by atoms with Crippen LogP contribution in [0.2, 0.25) is 0 Å². The molecule has 0 aliphatic rings. The van der Waals surface area contributed by atoms with E-state index in [1.807, 2.05) is 31.6 Å². The van der Waals surface area contributed by atoms with Gasteiger partial charge in [0.05, 0.1) is 4.88 Å². The number of carbonyl (C=O) groups excluding carboxylic acids is 1. The molecule has 0 saturated carbocycles. The summed E-state index contributed by atoms with van der Waals surface area (Å²) in [4.78, 5) is 14.8. The van der Waals surface area contributed by atoms with Crippen molar-refractivity contribution in [2.75, 3.05) is 19.0 Å². The Bertz CT molecular complexity index is 500. The van der Waals surface area contributed by atoms with Gasteiger partial charge in [-0.15, -0.1) is 11.3 Å². The Hall–Kier alpha value is -1.61. The number of aryl methyl sites for hydroxylation is 1. The lowest BCUT2D eigenvalue weighted by atomic mass is 10.1. The highest BCUT2D eigenvalue weighted by Crippen LogP contribution is 2.16. The van der Waals surface area contributed by atoms with Crippen LogP contribution in [0.1, 0.15) is 21.7 Å². The van der Waals surface area contributed by atoms with Gasteiger partial charge in [-0.1, -0.05) is 18.2 Å². The predicted octanol–water partition coefficient (Wildman–Crippen LogP) is 3.63. The number of benzene rings is 1. The van der Waals surface area contributed by atoms with Crippen LogP contribution in [-0.2, 0) is 6.42 Å². The van der Waals surface area contributed by atoms with E-state index in [2.05, 4.69) is 29.2 Å². The Morgan fingerprint density at radius 1 is 1.17 bits per heavy atom. The van der Waals surface area contributed by atoms with Crippen molar-refractivity contribution in [2.24, 2.45) is 0 Å². The van der Waals surface area contributed by atoms with E-state index in [0.29, 0.717) is 6.42 Å². The van der Waals surface area contributed by atoms with E-state index < -0.39 is 0 Å². The third-order valence-electron chi connectivity index (χ3n) is 2.89. The average Bonchev–Trinajstić information content (AvgIpc) is 2.90. The number of thiophene rings is 1. The van der Waals surface area contributed by atoms with Gasteiger partial charge in [-0.25, -0.2) is 0 Å². The molecule has 0 amide bonds. The molecule has 2 nitrogen and oxygen atoms in total. The largest absolute Gasteiger partial charge is 0.378 e. The van der Waals surface area contributed by atoms with Crippen molar-refractivity contribution in [3.05, 3.63) is 52.2 Å². The number of hydrogen-bond acceptors (Lipinski definition) is 3. The maximum Gasteiger partial charge on any atom is 0.173 e. The lowest BCUT2D eigenvalue weighted by molar-refractivity contribution is 0.0987. The summed E-state index contributed by atoms with van der Waals surface area (Å²) in [5.41, 5.74) is 2.40. The van der Waals surface area contributed by atoms with Gasteiger partial charge >= 0.3 is 0 Å². The van der Waals surface area contributed by atoms with Crippen molar-refractivity contribution < 1.29 is 4.79 Å². The van der Waals surface area contributed by atoms with Crippen molar-refractivity contribution in [3.63, 3.8) is 0 Å². The fourth-order valence-electron chi connectivity index (χ4n) is 1.78. The Morgan fingerprint density at radius 3 is 2.44 bits per heavy atom. The predicted molar refractivity (Wildman–Crippen MR) is 77.7 cm³/mol. The molecule has 0 aliphatic heterocycles. The number of anilines is 1. The topological polar surface area (TPSA) is 20.3 Å². The monoisotopic (exact) mass is 259 g/mol. The molecule has 1 heterocycles. The number of Topliss-reactive ketones (excluding diaryl/α,β-unsaturated/α-hetero) is 1. The van der Waals surface area contributed by atoms with E-state index in [0.717, 1.165) is 11.3 Å². The average molecular weight is 259 g/mol. The number of rotatable bonds is 5. The summed E-state index contributed by atoms with van der Waals surface area (Å²) >= 11 is 1.52. The second-order valence-electron chi connectivity index (χ2n) is 4.46. The standard InChI is InChI=1S/C15H17NOS/c1-16(2)13-8-5-12(6-9-13)7-10-14(17)15-4-3-11-18-15/h3-6,8-9,11H,7,10H2,1-2H3. The quantitative estimate of drug-likeness (QED) is 0.764. The highest BCUT2D eigenvalue weighted by atomic mass is 32.1. The molecule has 0 fully saturated rings. The zero-order chi connectivity index (χ0) is 13.0. The molecule has 2 rings (SSSR count). The molecule has 0 radical (unpaired) electrons. The van der Waals surface area contributed by atoms with Gasteiger partial charge in [0.15, 0.2) is 5.78 Å². The minimum absolute atomic E-state index is 0.238. The van der Waals surface area contributed by atoms with Gasteiger partial charge in [0.1, 0.15) is 0 Å². The molecule has 0 saturated heterocycles. The molecule has 0 bridgehead atoms. The summed E-state index contributed by atoms with van der Waals surface area (Å²) in [6.45, 7) is 0. The zero-order valence-electron chi connectivity index (χ0n) is 10.7. The van der Waals surface area contributed by atoms with Gasteiger partial charge in [0, 0.05) is 26.2 Å². The molecule has 1 aromatic heterocycles. The summed E-state index contributed by atoms with van der Waals surface area (Å²) in [5.74, 6) is 0.238. The first-order valence-corrected chi connectivity index (χ1v) is 6.88. The van der Waals surface area contributed by atoms with Crippen LogP contribution in [0.4, 0.5) is 5.69 Å². The molecule has 0 N–H and O–H groups in total. The van der Waals surface area contributed by atoms with Crippen molar-refractivity contribution in [2.45, 2.75) is 12.8 Å². The fraction of sp³-hybridized carbons (Fsp3) is 0.267. The van der Waals surface area contributed by atoms with Gasteiger partial charge in [-0.2, -0.15) is 0 Å². The van der Waals surface area contributed by atoms with E-state index in [9.17, 15) is 4.79 Å². The van der Waals surface area contributed by atoms with Crippen LogP contribution in [0.25, 0.3) is 0 Å². The summed E-state index contributed by atoms with van der Waals surface area (Å²) in [7, 11) is 4.05. The number of hydrogen-bond donors (Lipinski definition) is 0. The molecule has 0 spiro atoms. The summed E-state index contributed by atoms with van der Waals surface area (Å²) in [6.07, 6.45) is 1.40. The van der Waals surface area contributed by atoms with Gasteiger partial charge in [0.2, 0.25) is 0 Å². The molecule has 2 aromatic rings. The van der Waals surface area contributed by atoms with Crippen molar-refractivity contribution in [1.82, 2.24) is 0 Å². The lowest BCUT2D eigenvalue weighted by Crippen LogP contribution is -2.08. The van der Waals surface area contributed by atoms with Crippen LogP contribution < -0.4 is 4.90 Å². The van der Waals surface area contributed by atoms with Crippen LogP contribution in [-0.4, -0.2) is 19.9 Å². The van der Waals surface area contributed by atoms with Crippen LogP contribution in [0.15, 0.2) is 41.8 Å². The number of carbonyl (C=O) groups is 1. The molecule has 1 aromatic carbocycles. The summed E-state index contributed by atoms with van der Waals surface area (Å²) < 4.78 is 0. The molecule has 3 heteroatoms. The summed E-state index contributed by atoms with van der Waals surface area (Å²) in [5, 5.41) is 1.94. The molecule has 18 heavy (non-hydrogen) atoms. The molecular weight excluding hydrogens is 242 g/mol. The van der Waals surface area contributed by atoms with E-state index in [4.69, 9.17) is 0 Å². The second-order valence-corrected chi connectivity index (χ2v) is 5.41. The maximum atomic E-state index is 11.9. The first-order valence-electron chi connectivity index (χ1n) is 6.00. The van der Waals surface area contributed by atoms with Crippen LogP contribution >= 0.6 is 11.3 Å². The van der Waals surface area contributed by atoms with Gasteiger partial charge < -0.3 is 4.90 Å². The van der Waals surface area contributed by atoms with E-state index in [1.54, 1.807) is 0 Å². The third kappa shape index (κ3) is 3.20. The third-order valence-corrected chi connectivity index (χ3v) is 3.80. The molecule has 0 aliphatic carbocycles. The Morgan fingerprint density at radius 2 is 1.89 bits per heavy atom. The van der Waals surface area contributed by atoms with Crippen LogP contribution in [0, 0.1) is 0 Å². The number of nitrogens with zero attached hydrogens (tertiary/aromatic N) is 1. The zero-order valence-corrected chi connectivity index (χ0v) is 11.5. The second kappa shape index (κ2) is 5.83. The fourth-order valence-corrected chi connectivity index (χ4v) is 2.47. The van der Waals surface area contributed by atoms with Crippen LogP contribution in [0.3, 0.4) is 0 Å². The highest BCUT2D eigenvalue weighted by Gasteiger charge is 2.06. The van der Waals surface area contributed by atoms with Gasteiger partial charge in [-0.05, 0) is 35.6 Å². The van der Waals surface area contributed by atoms with Gasteiger partial charge in [-0.3, -0.25) is 4.79 Å². The maximum absolute atomic E-state index is 11.9. The normalized spacial score (nSPS) is 10.3. The smallest absolute Gasteiger partial charge is 0.173 e. The minimum atomic E-state index is 0.238. The first-order chi connectivity index (χ1) is 8.66. The van der Waals surface area contributed by atoms with Crippen LogP contribution in [0.5, 0.6) is 0 Å². The molecule has 0 unspecified atom stereocenters. The van der Waals surface area contributed by atoms with Crippen molar-refractivity contribution >= 4 is 22.8 Å². The minimum Gasteiger partial charge on any atom is -0.378 e. The Balaban J connectivity index is 1.92. The van der Waals surface area contributed by atoms with E-state index in [-0.39, 0.29) is 5.78 Å². The molecule has 0 atom stereocenters. The van der Waals surface area contributed by atoms with E-state index >= 15 is 0 Å². The van der Waals surface area contributed by atoms with Crippen molar-refractivity contribution in [3.8, 4) is 0 Å². The lowest BCUT2D eigenvalue weighted by Gasteiger charge is -2.12. The highest BCUT2D eigenvalue weighted by molar-refractivity contribution is 7.12. The van der Waals surface area contributed by atoms with Crippen molar-refractivity contribution in [1.29, 1.82) is 0 Å². The molecular formula is C15H17NOS. The summed E-state index contributed by atoms with van der Waals surface area (Å²) in [6, 6.07) is 12.2. The first kappa shape index (κ1) is 12.8. The Kier molecular flexibility index (Phi) is 4.15. The SMILES string of the molecule is CN(C)c1ccc(CCC(=O)c2cccs2)cc1. The number of ketones is 1. The van der Waals surface area contributed by atoms with Gasteiger partial charge in [0.25, 0.3) is 0 Å². The Labute approximate surface area is 112 Å².